The number of para-hydroxylation sites is 1. The minimum Gasteiger partial charge on any atom is -0.468 e. The Kier molecular flexibility index (Phi) is 3.89. The van der Waals surface area contributed by atoms with Gasteiger partial charge >= 0.3 is 0 Å². The van der Waals surface area contributed by atoms with Gasteiger partial charge in [0.05, 0.1) is 18.0 Å². The van der Waals surface area contributed by atoms with E-state index < -0.39 is 16.1 Å². The highest BCUT2D eigenvalue weighted by molar-refractivity contribution is 7.89. The molecule has 1 unspecified atom stereocenters. The van der Waals surface area contributed by atoms with Gasteiger partial charge in [0, 0.05) is 0 Å². The second-order valence-corrected chi connectivity index (χ2v) is 5.68. The predicted molar refractivity (Wildman–Crippen MR) is 71.7 cm³/mol. The van der Waals surface area contributed by atoms with Crippen molar-refractivity contribution in [1.29, 1.82) is 0 Å². The zero-order chi connectivity index (χ0) is 13.9. The smallest absolute Gasteiger partial charge is 0.243 e. The number of nitrogens with two attached hydrogens (primary N) is 1. The third-order valence-electron chi connectivity index (χ3n) is 2.63. The normalized spacial score (nSPS) is 13.2. The maximum atomic E-state index is 12.3. The Balaban J connectivity index is 2.28. The lowest BCUT2D eigenvalue weighted by molar-refractivity contribution is 0.459. The quantitative estimate of drug-likeness (QED) is 0.571. The monoisotopic (exact) mass is 281 g/mol. The van der Waals surface area contributed by atoms with Gasteiger partial charge in [-0.05, 0) is 31.2 Å². The number of sulfonamides is 1. The van der Waals surface area contributed by atoms with E-state index >= 15 is 0 Å². The molecule has 0 spiro atoms. The number of hydrazine groups is 1. The molecule has 0 saturated carbocycles. The van der Waals surface area contributed by atoms with Crippen molar-refractivity contribution in [1.82, 2.24) is 4.72 Å². The van der Waals surface area contributed by atoms with Crippen LogP contribution >= 0.6 is 0 Å². The topological polar surface area (TPSA) is 97.4 Å². The first-order chi connectivity index (χ1) is 9.04. The number of nitrogens with one attached hydrogen (secondary N) is 2. The van der Waals surface area contributed by atoms with Crippen LogP contribution in [0.4, 0.5) is 5.69 Å². The van der Waals surface area contributed by atoms with Gasteiger partial charge in [-0.25, -0.2) is 13.1 Å². The van der Waals surface area contributed by atoms with E-state index in [9.17, 15) is 8.42 Å². The second kappa shape index (κ2) is 5.43. The van der Waals surface area contributed by atoms with Crippen molar-refractivity contribution in [3.8, 4) is 0 Å². The third-order valence-corrected chi connectivity index (χ3v) is 4.23. The van der Waals surface area contributed by atoms with E-state index in [4.69, 9.17) is 10.3 Å². The minimum absolute atomic E-state index is 0.0934. The number of anilines is 1. The molecule has 2 aromatic rings. The summed E-state index contributed by atoms with van der Waals surface area (Å²) in [6, 6.07) is 9.34. The van der Waals surface area contributed by atoms with Gasteiger partial charge in [-0.15, -0.1) is 0 Å². The molecule has 2 rings (SSSR count). The highest BCUT2D eigenvalue weighted by Crippen LogP contribution is 2.22. The van der Waals surface area contributed by atoms with E-state index in [1.807, 2.05) is 0 Å². The van der Waals surface area contributed by atoms with Crippen LogP contribution in [0, 0.1) is 0 Å². The van der Waals surface area contributed by atoms with Crippen LogP contribution in [-0.4, -0.2) is 8.42 Å². The molecule has 4 N–H and O–H groups in total. The van der Waals surface area contributed by atoms with Crippen LogP contribution in [0.5, 0.6) is 0 Å². The van der Waals surface area contributed by atoms with Crippen LogP contribution < -0.4 is 16.0 Å². The molecule has 1 aromatic heterocycles. The number of hydrogen-bond donors (Lipinski definition) is 3. The fourth-order valence-electron chi connectivity index (χ4n) is 1.71. The van der Waals surface area contributed by atoms with Crippen molar-refractivity contribution >= 4 is 15.7 Å². The van der Waals surface area contributed by atoms with E-state index in [1.165, 1.54) is 12.3 Å². The fourth-order valence-corrected chi connectivity index (χ4v) is 3.09. The van der Waals surface area contributed by atoms with Gasteiger partial charge in [-0.3, -0.25) is 5.84 Å². The summed E-state index contributed by atoms with van der Waals surface area (Å²) in [4.78, 5) is 0.0934. The molecule has 1 atom stereocenters. The Labute approximate surface area is 111 Å². The molecule has 0 amide bonds. The molecule has 0 fully saturated rings. The first-order valence-corrected chi connectivity index (χ1v) is 7.14. The molecule has 0 aliphatic carbocycles. The summed E-state index contributed by atoms with van der Waals surface area (Å²) in [7, 11) is -3.68. The first-order valence-electron chi connectivity index (χ1n) is 5.66. The molecule has 6 nitrogen and oxygen atoms in total. The van der Waals surface area contributed by atoms with Gasteiger partial charge in [0.25, 0.3) is 0 Å². The van der Waals surface area contributed by atoms with Gasteiger partial charge in [0.2, 0.25) is 10.0 Å². The van der Waals surface area contributed by atoms with E-state index in [2.05, 4.69) is 10.1 Å². The maximum absolute atomic E-state index is 12.3. The Morgan fingerprint density at radius 3 is 2.58 bits per heavy atom. The molecule has 1 heterocycles. The highest BCUT2D eigenvalue weighted by atomic mass is 32.2. The molecule has 0 saturated heterocycles. The summed E-state index contributed by atoms with van der Waals surface area (Å²) >= 11 is 0. The SMILES string of the molecule is CC(NS(=O)(=O)c1ccccc1NN)c1ccco1. The Bertz CT molecular complexity index is 638. The number of benzene rings is 1. The van der Waals surface area contributed by atoms with Gasteiger partial charge in [-0.2, -0.15) is 0 Å². The van der Waals surface area contributed by atoms with Crippen LogP contribution in [0.25, 0.3) is 0 Å². The van der Waals surface area contributed by atoms with Crippen LogP contribution in [-0.2, 0) is 10.0 Å². The minimum atomic E-state index is -3.68. The summed E-state index contributed by atoms with van der Waals surface area (Å²) in [6.07, 6.45) is 1.50. The lowest BCUT2D eigenvalue weighted by atomic mass is 10.3. The molecule has 0 radical (unpaired) electrons. The molecule has 19 heavy (non-hydrogen) atoms. The van der Waals surface area contributed by atoms with Crippen molar-refractivity contribution in [2.45, 2.75) is 17.9 Å². The highest BCUT2D eigenvalue weighted by Gasteiger charge is 2.22. The zero-order valence-corrected chi connectivity index (χ0v) is 11.1. The Morgan fingerprint density at radius 2 is 1.95 bits per heavy atom. The average Bonchev–Trinajstić information content (AvgIpc) is 2.92. The number of rotatable bonds is 5. The number of hydrogen-bond acceptors (Lipinski definition) is 5. The van der Waals surface area contributed by atoms with Crippen LogP contribution in [0.2, 0.25) is 0 Å². The predicted octanol–water partition coefficient (Wildman–Crippen LogP) is 1.60. The van der Waals surface area contributed by atoms with Gasteiger partial charge in [0.15, 0.2) is 0 Å². The zero-order valence-electron chi connectivity index (χ0n) is 10.3. The van der Waals surface area contributed by atoms with Crippen LogP contribution in [0.15, 0.2) is 52.0 Å². The van der Waals surface area contributed by atoms with Gasteiger partial charge < -0.3 is 9.84 Å². The van der Waals surface area contributed by atoms with E-state index in [0.717, 1.165) is 0 Å². The molecule has 7 heteroatoms. The molecule has 1 aromatic carbocycles. The second-order valence-electron chi connectivity index (χ2n) is 4.00. The Hall–Kier alpha value is -1.83. The van der Waals surface area contributed by atoms with Crippen LogP contribution in [0.1, 0.15) is 18.7 Å². The number of nitrogen functional groups attached to an aromatic ring is 1. The van der Waals surface area contributed by atoms with Crippen molar-refractivity contribution in [3.05, 3.63) is 48.4 Å². The van der Waals surface area contributed by atoms with Gasteiger partial charge in [0.1, 0.15) is 10.7 Å². The molecule has 102 valence electrons. The average molecular weight is 281 g/mol. The molecule has 0 aliphatic rings. The fraction of sp³-hybridized carbons (Fsp3) is 0.167. The molecular weight excluding hydrogens is 266 g/mol. The standard InChI is InChI=1S/C12H15N3O3S/c1-9(11-6-4-8-18-11)15-19(16,17)12-7-3-2-5-10(12)14-13/h2-9,14-15H,13H2,1H3. The summed E-state index contributed by atoms with van der Waals surface area (Å²) in [6.45, 7) is 1.70. The van der Waals surface area contributed by atoms with E-state index in [0.29, 0.717) is 11.4 Å². The van der Waals surface area contributed by atoms with E-state index in [1.54, 1.807) is 37.3 Å². The van der Waals surface area contributed by atoms with Crippen molar-refractivity contribution in [2.24, 2.45) is 5.84 Å². The van der Waals surface area contributed by atoms with Crippen molar-refractivity contribution in [2.75, 3.05) is 5.43 Å². The lowest BCUT2D eigenvalue weighted by Gasteiger charge is -2.14. The largest absolute Gasteiger partial charge is 0.468 e. The molecule has 0 aliphatic heterocycles. The Morgan fingerprint density at radius 1 is 1.21 bits per heavy atom. The summed E-state index contributed by atoms with van der Waals surface area (Å²) in [5.41, 5.74) is 2.70. The lowest BCUT2D eigenvalue weighted by Crippen LogP contribution is -2.27. The summed E-state index contributed by atoms with van der Waals surface area (Å²) in [5, 5.41) is 0. The van der Waals surface area contributed by atoms with Crippen molar-refractivity contribution < 1.29 is 12.8 Å². The van der Waals surface area contributed by atoms with E-state index in [-0.39, 0.29) is 4.90 Å². The van der Waals surface area contributed by atoms with Gasteiger partial charge in [-0.1, -0.05) is 12.1 Å². The third kappa shape index (κ3) is 2.95. The first kappa shape index (κ1) is 13.6. The maximum Gasteiger partial charge on any atom is 0.243 e. The summed E-state index contributed by atoms with van der Waals surface area (Å²) < 4.78 is 32.2. The summed E-state index contributed by atoms with van der Waals surface area (Å²) in [5.74, 6) is 5.86. The molecule has 0 bridgehead atoms. The van der Waals surface area contributed by atoms with Crippen LogP contribution in [0.3, 0.4) is 0 Å². The molecular formula is C12H15N3O3S. The number of furan rings is 1. The van der Waals surface area contributed by atoms with Crippen molar-refractivity contribution in [3.63, 3.8) is 0 Å².